The second-order valence-corrected chi connectivity index (χ2v) is 5.57. The Bertz CT molecular complexity index is 297. The standard InChI is InChI=1S/C14H26N2O3/c1-11(2)16(10-9-13(17)18)14(19)15-12-7-5-3-4-6-8-12/h11-12H,3-10H2,1-2H3,(H,15,19)(H,17,18). The highest BCUT2D eigenvalue weighted by Crippen LogP contribution is 2.17. The van der Waals surface area contributed by atoms with Gasteiger partial charge in [0, 0.05) is 18.6 Å². The maximum absolute atomic E-state index is 12.2. The van der Waals surface area contributed by atoms with Crippen molar-refractivity contribution in [3.8, 4) is 0 Å². The average Bonchev–Trinajstić information content (AvgIpc) is 2.56. The molecule has 5 nitrogen and oxygen atoms in total. The summed E-state index contributed by atoms with van der Waals surface area (Å²) in [6.45, 7) is 4.09. The van der Waals surface area contributed by atoms with Crippen LogP contribution in [0.5, 0.6) is 0 Å². The molecule has 0 aromatic carbocycles. The van der Waals surface area contributed by atoms with Gasteiger partial charge in [-0.25, -0.2) is 4.79 Å². The van der Waals surface area contributed by atoms with E-state index in [2.05, 4.69) is 5.32 Å². The molecule has 0 radical (unpaired) electrons. The number of nitrogens with zero attached hydrogens (tertiary/aromatic N) is 1. The van der Waals surface area contributed by atoms with Crippen LogP contribution in [0.1, 0.15) is 58.8 Å². The smallest absolute Gasteiger partial charge is 0.317 e. The predicted octanol–water partition coefficient (Wildman–Crippen LogP) is 2.60. The monoisotopic (exact) mass is 270 g/mol. The lowest BCUT2D eigenvalue weighted by atomic mass is 10.1. The minimum atomic E-state index is -0.868. The van der Waals surface area contributed by atoms with Crippen LogP contribution in [0, 0.1) is 0 Å². The molecule has 0 aromatic rings. The van der Waals surface area contributed by atoms with Crippen molar-refractivity contribution in [3.63, 3.8) is 0 Å². The van der Waals surface area contributed by atoms with Gasteiger partial charge in [-0.3, -0.25) is 4.79 Å². The van der Waals surface area contributed by atoms with Crippen molar-refractivity contribution >= 4 is 12.0 Å². The first kappa shape index (κ1) is 15.8. The molecule has 19 heavy (non-hydrogen) atoms. The summed E-state index contributed by atoms with van der Waals surface area (Å²) in [4.78, 5) is 24.4. The van der Waals surface area contributed by atoms with Crippen LogP contribution in [-0.4, -0.2) is 40.6 Å². The first-order valence-corrected chi connectivity index (χ1v) is 7.29. The fourth-order valence-electron chi connectivity index (χ4n) is 2.49. The Balaban J connectivity index is 2.48. The highest BCUT2D eigenvalue weighted by molar-refractivity contribution is 5.75. The molecule has 1 aliphatic rings. The van der Waals surface area contributed by atoms with Gasteiger partial charge in [-0.15, -0.1) is 0 Å². The molecule has 0 saturated heterocycles. The molecular weight excluding hydrogens is 244 g/mol. The molecule has 2 N–H and O–H groups in total. The maximum Gasteiger partial charge on any atom is 0.317 e. The quantitative estimate of drug-likeness (QED) is 0.754. The molecule has 1 rings (SSSR count). The summed E-state index contributed by atoms with van der Waals surface area (Å²) in [6.07, 6.45) is 6.91. The molecule has 5 heteroatoms. The summed E-state index contributed by atoms with van der Waals surface area (Å²) < 4.78 is 0. The van der Waals surface area contributed by atoms with Crippen LogP contribution in [0.3, 0.4) is 0 Å². The van der Waals surface area contributed by atoms with Gasteiger partial charge in [0.15, 0.2) is 0 Å². The third kappa shape index (κ3) is 5.94. The number of hydrogen-bond donors (Lipinski definition) is 2. The number of rotatable bonds is 5. The van der Waals surface area contributed by atoms with Gasteiger partial charge in [0.2, 0.25) is 0 Å². The lowest BCUT2D eigenvalue weighted by Crippen LogP contribution is -2.48. The van der Waals surface area contributed by atoms with Gasteiger partial charge in [0.05, 0.1) is 6.42 Å². The van der Waals surface area contributed by atoms with Crippen molar-refractivity contribution in [1.82, 2.24) is 10.2 Å². The van der Waals surface area contributed by atoms with E-state index in [0.29, 0.717) is 0 Å². The zero-order chi connectivity index (χ0) is 14.3. The van der Waals surface area contributed by atoms with E-state index in [4.69, 9.17) is 5.11 Å². The maximum atomic E-state index is 12.2. The lowest BCUT2D eigenvalue weighted by Gasteiger charge is -2.28. The van der Waals surface area contributed by atoms with Gasteiger partial charge in [0.1, 0.15) is 0 Å². The third-order valence-corrected chi connectivity index (χ3v) is 3.63. The van der Waals surface area contributed by atoms with E-state index < -0.39 is 5.97 Å². The van der Waals surface area contributed by atoms with Crippen molar-refractivity contribution in [2.75, 3.05) is 6.54 Å². The Morgan fingerprint density at radius 3 is 2.26 bits per heavy atom. The van der Waals surface area contributed by atoms with Crippen molar-refractivity contribution in [2.45, 2.75) is 70.9 Å². The first-order valence-electron chi connectivity index (χ1n) is 7.29. The largest absolute Gasteiger partial charge is 0.481 e. The molecule has 1 saturated carbocycles. The van der Waals surface area contributed by atoms with Crippen LogP contribution in [0.2, 0.25) is 0 Å². The van der Waals surface area contributed by atoms with E-state index in [1.807, 2.05) is 13.8 Å². The summed E-state index contributed by atoms with van der Waals surface area (Å²) in [5, 5.41) is 11.8. The lowest BCUT2D eigenvalue weighted by molar-refractivity contribution is -0.137. The molecule has 2 amide bonds. The van der Waals surface area contributed by atoms with Crippen molar-refractivity contribution < 1.29 is 14.7 Å². The molecule has 0 bridgehead atoms. The van der Waals surface area contributed by atoms with Gasteiger partial charge in [-0.2, -0.15) is 0 Å². The molecule has 0 unspecified atom stereocenters. The number of aliphatic carboxylic acids is 1. The third-order valence-electron chi connectivity index (χ3n) is 3.63. The minimum absolute atomic E-state index is 0.00370. The van der Waals surface area contributed by atoms with Crippen LogP contribution in [0.15, 0.2) is 0 Å². The van der Waals surface area contributed by atoms with Crippen LogP contribution >= 0.6 is 0 Å². The number of carboxylic acids is 1. The van der Waals surface area contributed by atoms with Gasteiger partial charge in [-0.1, -0.05) is 25.7 Å². The highest BCUT2D eigenvalue weighted by atomic mass is 16.4. The summed E-state index contributed by atoms with van der Waals surface area (Å²) in [7, 11) is 0. The van der Waals surface area contributed by atoms with Gasteiger partial charge >= 0.3 is 12.0 Å². The number of amides is 2. The molecular formula is C14H26N2O3. The summed E-state index contributed by atoms with van der Waals surface area (Å²) >= 11 is 0. The Hall–Kier alpha value is -1.26. The summed E-state index contributed by atoms with van der Waals surface area (Å²) in [5.41, 5.74) is 0. The molecule has 0 atom stereocenters. The number of hydrogen-bond acceptors (Lipinski definition) is 2. The Morgan fingerprint density at radius 1 is 1.21 bits per heavy atom. The van der Waals surface area contributed by atoms with E-state index in [0.717, 1.165) is 12.8 Å². The number of carbonyl (C=O) groups excluding carboxylic acids is 1. The molecule has 0 spiro atoms. The second-order valence-electron chi connectivity index (χ2n) is 5.57. The first-order chi connectivity index (χ1) is 9.00. The van der Waals surface area contributed by atoms with Crippen LogP contribution in [-0.2, 0) is 4.79 Å². The van der Waals surface area contributed by atoms with E-state index in [9.17, 15) is 9.59 Å². The molecule has 110 valence electrons. The highest BCUT2D eigenvalue weighted by Gasteiger charge is 2.21. The molecule has 0 aliphatic heterocycles. The Morgan fingerprint density at radius 2 is 1.79 bits per heavy atom. The molecule has 0 aromatic heterocycles. The number of carbonyl (C=O) groups is 2. The second kappa shape index (κ2) is 8.02. The number of urea groups is 1. The van der Waals surface area contributed by atoms with E-state index >= 15 is 0 Å². The van der Waals surface area contributed by atoms with Crippen molar-refractivity contribution in [1.29, 1.82) is 0 Å². The van der Waals surface area contributed by atoms with Gasteiger partial charge in [-0.05, 0) is 26.7 Å². The number of carboxylic acid groups (broad SMARTS) is 1. The van der Waals surface area contributed by atoms with Crippen LogP contribution in [0.4, 0.5) is 4.79 Å². The Kier molecular flexibility index (Phi) is 6.67. The normalized spacial score (nSPS) is 17.0. The zero-order valence-corrected chi connectivity index (χ0v) is 12.0. The zero-order valence-electron chi connectivity index (χ0n) is 12.0. The number of nitrogens with one attached hydrogen (secondary N) is 1. The summed E-state index contributed by atoms with van der Waals surface area (Å²) in [6, 6.07) is 0.148. The van der Waals surface area contributed by atoms with Crippen molar-refractivity contribution in [2.24, 2.45) is 0 Å². The average molecular weight is 270 g/mol. The van der Waals surface area contributed by atoms with Crippen LogP contribution < -0.4 is 5.32 Å². The van der Waals surface area contributed by atoms with Gasteiger partial charge in [0.25, 0.3) is 0 Å². The molecule has 1 aliphatic carbocycles. The minimum Gasteiger partial charge on any atom is -0.481 e. The van der Waals surface area contributed by atoms with Crippen LogP contribution in [0.25, 0.3) is 0 Å². The molecule has 0 heterocycles. The van der Waals surface area contributed by atoms with E-state index in [1.165, 1.54) is 25.7 Å². The fourth-order valence-corrected chi connectivity index (χ4v) is 2.49. The fraction of sp³-hybridized carbons (Fsp3) is 0.857. The van der Waals surface area contributed by atoms with E-state index in [1.54, 1.807) is 4.90 Å². The topological polar surface area (TPSA) is 69.6 Å². The van der Waals surface area contributed by atoms with Gasteiger partial charge < -0.3 is 15.3 Å². The molecule has 1 fully saturated rings. The van der Waals surface area contributed by atoms with Crippen molar-refractivity contribution in [3.05, 3.63) is 0 Å². The van der Waals surface area contributed by atoms with E-state index in [-0.39, 0.29) is 31.1 Å². The summed E-state index contributed by atoms with van der Waals surface area (Å²) in [5.74, 6) is -0.868. The predicted molar refractivity (Wildman–Crippen MR) is 74.1 cm³/mol. The SMILES string of the molecule is CC(C)N(CCC(=O)O)C(=O)NC1CCCCCC1. The Labute approximate surface area is 115 Å².